The first kappa shape index (κ1) is 24.7. The Hall–Kier alpha value is -4.60. The molecular weight excluding hydrogens is 497 g/mol. The largest absolute Gasteiger partial charge is 0.365 e. The summed E-state index contributed by atoms with van der Waals surface area (Å²) >= 11 is 0. The fourth-order valence-electron chi connectivity index (χ4n) is 6.17. The molecule has 2 N–H and O–H groups in total. The van der Waals surface area contributed by atoms with Crippen molar-refractivity contribution >= 4 is 11.7 Å². The van der Waals surface area contributed by atoms with Gasteiger partial charge in [-0.3, -0.25) is 14.6 Å². The Kier molecular flexibility index (Phi) is 5.90. The highest BCUT2D eigenvalue weighted by molar-refractivity contribution is 6.20. The Bertz CT molecular complexity index is 1630. The SMILES string of the molecule is C[C@H]1C(=O)C(C(N)=O)=C[C@@]2(C)c3c(c(-c4ccncn4)nn3-c3ccc(-c4ccnc(CF)c4)cn3)CC[C@H]12. The normalized spacial score (nSPS) is 22.1. The molecule has 6 rings (SSSR count). The Morgan fingerprint density at radius 2 is 2.00 bits per heavy atom. The molecule has 196 valence electrons. The van der Waals surface area contributed by atoms with E-state index < -0.39 is 18.0 Å². The van der Waals surface area contributed by atoms with Gasteiger partial charge in [-0.2, -0.15) is 5.10 Å². The molecule has 0 aliphatic heterocycles. The maximum absolute atomic E-state index is 13.2. The number of nitrogens with two attached hydrogens (primary N) is 1. The van der Waals surface area contributed by atoms with Gasteiger partial charge in [0.2, 0.25) is 0 Å². The standard InChI is InChI=1S/C29H26FN7O2/c1-16-22-5-4-20-25(23-8-9-32-15-35-23)36-37(27(20)29(22,2)12-21(26(16)38)28(31)39)24-6-3-18(14-34-24)17-7-10-33-19(11-17)13-30/h3,6-12,14-16,22H,4-5,13H2,1-2H3,(H2,31,39)/t16-,22-,29-/m1/s1. The molecular formula is C29H26FN7O2. The monoisotopic (exact) mass is 523 g/mol. The van der Waals surface area contributed by atoms with Gasteiger partial charge in [-0.05, 0) is 54.7 Å². The number of carbonyl (C=O) groups is 2. The number of Topliss-reactive ketones (excluding diaryl/α,β-unsaturated/α-hetero) is 1. The van der Waals surface area contributed by atoms with Crippen LogP contribution < -0.4 is 5.73 Å². The minimum Gasteiger partial charge on any atom is -0.365 e. The summed E-state index contributed by atoms with van der Waals surface area (Å²) in [5.74, 6) is -0.815. The number of alkyl halides is 1. The Morgan fingerprint density at radius 1 is 1.15 bits per heavy atom. The second-order valence-corrected chi connectivity index (χ2v) is 10.3. The topological polar surface area (TPSA) is 130 Å². The van der Waals surface area contributed by atoms with Gasteiger partial charge in [-0.15, -0.1) is 0 Å². The van der Waals surface area contributed by atoms with E-state index in [1.807, 2.05) is 32.0 Å². The van der Waals surface area contributed by atoms with Gasteiger partial charge in [0.25, 0.3) is 5.91 Å². The van der Waals surface area contributed by atoms with Crippen LogP contribution in [0.1, 0.15) is 37.2 Å². The maximum Gasteiger partial charge on any atom is 0.252 e. The predicted molar refractivity (Wildman–Crippen MR) is 141 cm³/mol. The first-order valence-electron chi connectivity index (χ1n) is 12.7. The molecule has 4 aromatic heterocycles. The molecule has 2 aliphatic carbocycles. The molecule has 0 unspecified atom stereocenters. The smallest absolute Gasteiger partial charge is 0.252 e. The third-order valence-electron chi connectivity index (χ3n) is 8.04. The minimum absolute atomic E-state index is 0.0232. The molecule has 39 heavy (non-hydrogen) atoms. The van der Waals surface area contributed by atoms with Crippen LogP contribution in [0.4, 0.5) is 4.39 Å². The van der Waals surface area contributed by atoms with Crippen molar-refractivity contribution in [3.8, 4) is 28.3 Å². The minimum atomic E-state index is -0.729. The van der Waals surface area contributed by atoms with E-state index in [0.29, 0.717) is 29.3 Å². The molecule has 10 heteroatoms. The lowest BCUT2D eigenvalue weighted by atomic mass is 9.57. The summed E-state index contributed by atoms with van der Waals surface area (Å²) in [6.45, 7) is 3.26. The van der Waals surface area contributed by atoms with E-state index in [2.05, 4.69) is 15.0 Å². The van der Waals surface area contributed by atoms with E-state index >= 15 is 0 Å². The molecule has 3 atom stereocenters. The van der Waals surface area contributed by atoms with Crippen molar-refractivity contribution in [3.63, 3.8) is 0 Å². The Morgan fingerprint density at radius 3 is 2.69 bits per heavy atom. The van der Waals surface area contributed by atoms with Gasteiger partial charge >= 0.3 is 0 Å². The number of allylic oxidation sites excluding steroid dienone is 1. The van der Waals surface area contributed by atoms with Crippen molar-refractivity contribution in [3.05, 3.63) is 83.9 Å². The van der Waals surface area contributed by atoms with E-state index in [4.69, 9.17) is 15.8 Å². The first-order chi connectivity index (χ1) is 18.8. The fourth-order valence-corrected chi connectivity index (χ4v) is 6.17. The van der Waals surface area contributed by atoms with Crippen LogP contribution in [-0.4, -0.2) is 41.4 Å². The van der Waals surface area contributed by atoms with Gasteiger partial charge in [-0.25, -0.2) is 24.0 Å². The van der Waals surface area contributed by atoms with E-state index in [-0.39, 0.29) is 23.2 Å². The molecule has 2 aliphatic rings. The molecule has 4 aromatic rings. The number of hydrogen-bond acceptors (Lipinski definition) is 7. The third-order valence-corrected chi connectivity index (χ3v) is 8.04. The van der Waals surface area contributed by atoms with Crippen molar-refractivity contribution in [1.82, 2.24) is 29.7 Å². The van der Waals surface area contributed by atoms with Crippen molar-refractivity contribution in [1.29, 1.82) is 0 Å². The van der Waals surface area contributed by atoms with Crippen LogP contribution >= 0.6 is 0 Å². The number of rotatable bonds is 5. The van der Waals surface area contributed by atoms with E-state index in [9.17, 15) is 14.0 Å². The number of primary amides is 1. The lowest BCUT2D eigenvalue weighted by Gasteiger charge is -2.45. The molecule has 0 saturated heterocycles. The Balaban J connectivity index is 1.55. The van der Waals surface area contributed by atoms with Crippen molar-refractivity contribution in [2.24, 2.45) is 17.6 Å². The van der Waals surface area contributed by atoms with Gasteiger partial charge in [0.15, 0.2) is 11.6 Å². The molecule has 0 spiro atoms. The van der Waals surface area contributed by atoms with Gasteiger partial charge < -0.3 is 5.73 Å². The number of halogens is 1. The number of aromatic nitrogens is 6. The van der Waals surface area contributed by atoms with Gasteiger partial charge in [0.05, 0.1) is 22.7 Å². The summed E-state index contributed by atoms with van der Waals surface area (Å²) < 4.78 is 14.9. The van der Waals surface area contributed by atoms with Crippen LogP contribution in [0.5, 0.6) is 0 Å². The quantitative estimate of drug-likeness (QED) is 0.395. The summed E-state index contributed by atoms with van der Waals surface area (Å²) in [7, 11) is 0. The zero-order valence-electron chi connectivity index (χ0n) is 21.5. The zero-order valence-corrected chi connectivity index (χ0v) is 21.5. The summed E-state index contributed by atoms with van der Waals surface area (Å²) in [6, 6.07) is 9.06. The highest BCUT2D eigenvalue weighted by atomic mass is 19.1. The van der Waals surface area contributed by atoms with E-state index in [1.165, 1.54) is 6.33 Å². The van der Waals surface area contributed by atoms with Gasteiger partial charge in [0.1, 0.15) is 18.7 Å². The molecule has 0 aromatic carbocycles. The number of amides is 1. The molecule has 0 bridgehead atoms. The van der Waals surface area contributed by atoms with Crippen LogP contribution in [0, 0.1) is 11.8 Å². The summed E-state index contributed by atoms with van der Waals surface area (Å²) in [4.78, 5) is 42.6. The van der Waals surface area contributed by atoms with Gasteiger partial charge in [-0.1, -0.05) is 19.9 Å². The second-order valence-electron chi connectivity index (χ2n) is 10.3. The van der Waals surface area contributed by atoms with E-state index in [1.54, 1.807) is 41.5 Å². The first-order valence-corrected chi connectivity index (χ1v) is 12.7. The molecule has 4 heterocycles. The lowest BCUT2D eigenvalue weighted by Crippen LogP contribution is -2.48. The maximum atomic E-state index is 13.2. The average molecular weight is 524 g/mol. The van der Waals surface area contributed by atoms with Gasteiger partial charge in [0, 0.05) is 41.1 Å². The number of carbonyl (C=O) groups excluding carboxylic acids is 2. The molecule has 0 saturated carbocycles. The van der Waals surface area contributed by atoms with Crippen molar-refractivity contribution in [2.45, 2.75) is 38.8 Å². The van der Waals surface area contributed by atoms with Crippen LogP contribution in [0.15, 0.2) is 66.9 Å². The average Bonchev–Trinajstić information content (AvgIpc) is 3.37. The number of nitrogens with zero attached hydrogens (tertiary/aromatic N) is 6. The zero-order chi connectivity index (χ0) is 27.3. The number of fused-ring (bicyclic) bond motifs is 3. The molecule has 0 radical (unpaired) electrons. The summed E-state index contributed by atoms with van der Waals surface area (Å²) in [5, 5.41) is 4.99. The number of hydrogen-bond donors (Lipinski definition) is 1. The Labute approximate surface area is 224 Å². The van der Waals surface area contributed by atoms with Crippen LogP contribution in [0.2, 0.25) is 0 Å². The molecule has 1 amide bonds. The van der Waals surface area contributed by atoms with Crippen molar-refractivity contribution < 1.29 is 14.0 Å². The number of pyridine rings is 2. The van der Waals surface area contributed by atoms with Crippen LogP contribution in [0.25, 0.3) is 28.3 Å². The summed E-state index contributed by atoms with van der Waals surface area (Å²) in [6.07, 6.45) is 9.60. The van der Waals surface area contributed by atoms with Crippen molar-refractivity contribution in [2.75, 3.05) is 0 Å². The third kappa shape index (κ3) is 3.94. The van der Waals surface area contributed by atoms with Crippen LogP contribution in [0.3, 0.4) is 0 Å². The predicted octanol–water partition coefficient (Wildman–Crippen LogP) is 3.71. The lowest BCUT2D eigenvalue weighted by molar-refractivity contribution is -0.125. The fraction of sp³-hybridized carbons (Fsp3) is 0.276. The number of ketones is 1. The van der Waals surface area contributed by atoms with Crippen LogP contribution in [-0.2, 0) is 28.1 Å². The highest BCUT2D eigenvalue weighted by Crippen LogP contribution is 2.51. The summed E-state index contributed by atoms with van der Waals surface area (Å²) in [5.41, 5.74) is 10.2. The van der Waals surface area contributed by atoms with E-state index in [0.717, 1.165) is 28.8 Å². The molecule has 9 nitrogen and oxygen atoms in total. The highest BCUT2D eigenvalue weighted by Gasteiger charge is 2.51. The molecule has 0 fully saturated rings. The second kappa shape index (κ2) is 9.30.